The zero-order valence-electron chi connectivity index (χ0n) is 11.3. The molecule has 0 atom stereocenters. The van der Waals surface area contributed by atoms with E-state index in [1.54, 1.807) is 11.1 Å². The second kappa shape index (κ2) is 7.22. The Kier molecular flexibility index (Phi) is 5.31. The Morgan fingerprint density at radius 1 is 1.00 bits per heavy atom. The zero-order chi connectivity index (χ0) is 13.5. The predicted molar refractivity (Wildman–Crippen MR) is 73.5 cm³/mol. The lowest BCUT2D eigenvalue weighted by Crippen LogP contribution is -2.31. The van der Waals surface area contributed by atoms with Gasteiger partial charge < -0.3 is 4.90 Å². The van der Waals surface area contributed by atoms with E-state index in [4.69, 9.17) is 0 Å². The fourth-order valence-corrected chi connectivity index (χ4v) is 2.51. The highest BCUT2D eigenvalue weighted by atomic mass is 19.1. The molecule has 1 aliphatic heterocycles. The number of nitrogens with zero attached hydrogens (tertiary/aromatic N) is 2. The van der Waals surface area contributed by atoms with Crippen molar-refractivity contribution in [3.63, 3.8) is 0 Å². The quantitative estimate of drug-likeness (QED) is 0.775. The van der Waals surface area contributed by atoms with Gasteiger partial charge >= 0.3 is 0 Å². The average Bonchev–Trinajstić information content (AvgIpc) is 2.44. The highest BCUT2D eigenvalue weighted by Gasteiger charge is 2.16. The van der Waals surface area contributed by atoms with Crippen molar-refractivity contribution in [2.75, 3.05) is 11.4 Å². The van der Waals surface area contributed by atoms with Gasteiger partial charge in [-0.15, -0.1) is 0 Å². The number of anilines is 1. The van der Waals surface area contributed by atoms with Gasteiger partial charge in [0.25, 0.3) is 0 Å². The fourth-order valence-electron chi connectivity index (χ4n) is 2.51. The molecule has 0 bridgehead atoms. The molecule has 3 nitrogen and oxygen atoms in total. The van der Waals surface area contributed by atoms with Gasteiger partial charge in [-0.05, 0) is 12.8 Å². The number of pyridine rings is 1. The molecule has 0 unspecified atom stereocenters. The third-order valence-corrected chi connectivity index (χ3v) is 3.58. The Hall–Kier alpha value is -1.45. The molecule has 104 valence electrons. The molecule has 0 spiro atoms. The molecule has 0 N–H and O–H groups in total. The first-order valence-corrected chi connectivity index (χ1v) is 7.18. The number of carbonyl (C=O) groups is 1. The van der Waals surface area contributed by atoms with E-state index in [1.807, 2.05) is 0 Å². The normalized spacial score (nSPS) is 19.0. The molecular weight excluding hydrogens is 243 g/mol. The summed E-state index contributed by atoms with van der Waals surface area (Å²) in [7, 11) is 0. The third kappa shape index (κ3) is 4.30. The predicted octanol–water partition coefficient (Wildman–Crippen LogP) is 3.69. The molecule has 0 radical (unpaired) electrons. The van der Waals surface area contributed by atoms with E-state index in [1.165, 1.54) is 31.5 Å². The summed E-state index contributed by atoms with van der Waals surface area (Å²) in [6.45, 7) is 0.671. The molecule has 19 heavy (non-hydrogen) atoms. The lowest BCUT2D eigenvalue weighted by molar-refractivity contribution is -0.118. The van der Waals surface area contributed by atoms with E-state index < -0.39 is 0 Å². The molecule has 2 rings (SSSR count). The summed E-state index contributed by atoms with van der Waals surface area (Å²) in [6.07, 6.45) is 11.1. The van der Waals surface area contributed by atoms with Crippen LogP contribution in [0.5, 0.6) is 0 Å². The summed E-state index contributed by atoms with van der Waals surface area (Å²) in [4.78, 5) is 17.8. The highest BCUT2D eigenvalue weighted by molar-refractivity contribution is 5.93. The number of aromatic nitrogens is 1. The van der Waals surface area contributed by atoms with Crippen molar-refractivity contribution in [3.8, 4) is 0 Å². The van der Waals surface area contributed by atoms with Gasteiger partial charge in [-0.2, -0.15) is 0 Å². The minimum Gasteiger partial charge on any atom is -0.311 e. The minimum absolute atomic E-state index is 0.0919. The SMILES string of the molecule is O=C1CCCCCCCCCN1c1cncc(F)c1. The van der Waals surface area contributed by atoms with Crippen molar-refractivity contribution in [2.45, 2.75) is 51.4 Å². The minimum atomic E-state index is -0.389. The molecule has 1 fully saturated rings. The van der Waals surface area contributed by atoms with Crippen LogP contribution in [0.25, 0.3) is 0 Å². The lowest BCUT2D eigenvalue weighted by Gasteiger charge is -2.22. The smallest absolute Gasteiger partial charge is 0.227 e. The second-order valence-electron chi connectivity index (χ2n) is 5.13. The van der Waals surface area contributed by atoms with E-state index in [2.05, 4.69) is 4.98 Å². The van der Waals surface area contributed by atoms with Gasteiger partial charge in [0.1, 0.15) is 5.82 Å². The number of amides is 1. The monoisotopic (exact) mass is 264 g/mol. The number of carbonyl (C=O) groups excluding carboxylic acids is 1. The van der Waals surface area contributed by atoms with Crippen LogP contribution in [0.1, 0.15) is 51.4 Å². The van der Waals surface area contributed by atoms with Gasteiger partial charge in [-0.1, -0.05) is 32.1 Å². The highest BCUT2D eigenvalue weighted by Crippen LogP contribution is 2.19. The maximum Gasteiger partial charge on any atom is 0.227 e. The van der Waals surface area contributed by atoms with Crippen LogP contribution in [0.2, 0.25) is 0 Å². The molecule has 4 heteroatoms. The lowest BCUT2D eigenvalue weighted by atomic mass is 10.1. The van der Waals surface area contributed by atoms with Crippen molar-refractivity contribution >= 4 is 11.6 Å². The molecule has 0 aromatic carbocycles. The first kappa shape index (κ1) is 14.0. The molecular formula is C15H21FN2O. The van der Waals surface area contributed by atoms with E-state index in [0.29, 0.717) is 18.7 Å². The largest absolute Gasteiger partial charge is 0.311 e. The van der Waals surface area contributed by atoms with E-state index in [9.17, 15) is 9.18 Å². The number of hydrogen-bond acceptors (Lipinski definition) is 2. The Morgan fingerprint density at radius 2 is 1.68 bits per heavy atom. The first-order valence-electron chi connectivity index (χ1n) is 7.18. The third-order valence-electron chi connectivity index (χ3n) is 3.58. The van der Waals surface area contributed by atoms with Crippen LogP contribution in [0.3, 0.4) is 0 Å². The van der Waals surface area contributed by atoms with Gasteiger partial charge in [-0.25, -0.2) is 4.39 Å². The van der Waals surface area contributed by atoms with Crippen LogP contribution >= 0.6 is 0 Å². The van der Waals surface area contributed by atoms with Crippen molar-refractivity contribution in [1.82, 2.24) is 4.98 Å². The molecule has 0 aliphatic carbocycles. The Labute approximate surface area is 113 Å². The fraction of sp³-hybridized carbons (Fsp3) is 0.600. The summed E-state index contributed by atoms with van der Waals surface area (Å²) < 4.78 is 13.2. The zero-order valence-corrected chi connectivity index (χ0v) is 11.3. The maximum absolute atomic E-state index is 13.2. The number of rotatable bonds is 1. The summed E-state index contributed by atoms with van der Waals surface area (Å²) >= 11 is 0. The standard InChI is InChI=1S/C15H21FN2O/c16-13-10-14(12-17-11-13)18-9-7-5-3-1-2-4-6-8-15(18)19/h10-12H,1-9H2. The van der Waals surface area contributed by atoms with Gasteiger partial charge in [0, 0.05) is 19.0 Å². The Balaban J connectivity index is 2.10. The van der Waals surface area contributed by atoms with Gasteiger partial charge in [0.05, 0.1) is 18.1 Å². The maximum atomic E-state index is 13.2. The van der Waals surface area contributed by atoms with Gasteiger partial charge in [-0.3, -0.25) is 9.78 Å². The molecule has 1 aromatic rings. The molecule has 1 amide bonds. The van der Waals surface area contributed by atoms with Gasteiger partial charge in [0.15, 0.2) is 0 Å². The second-order valence-corrected chi connectivity index (χ2v) is 5.13. The van der Waals surface area contributed by atoms with E-state index in [0.717, 1.165) is 25.7 Å². The van der Waals surface area contributed by atoms with Crippen LogP contribution in [0.4, 0.5) is 10.1 Å². The Morgan fingerprint density at radius 3 is 2.42 bits per heavy atom. The first-order chi connectivity index (χ1) is 9.27. The number of hydrogen-bond donors (Lipinski definition) is 0. The van der Waals surface area contributed by atoms with Crippen LogP contribution in [-0.2, 0) is 4.79 Å². The molecule has 1 aliphatic rings. The average molecular weight is 264 g/mol. The summed E-state index contributed by atoms with van der Waals surface area (Å²) in [5, 5.41) is 0. The van der Waals surface area contributed by atoms with Crippen LogP contribution in [-0.4, -0.2) is 17.4 Å². The van der Waals surface area contributed by atoms with E-state index >= 15 is 0 Å². The topological polar surface area (TPSA) is 33.2 Å². The summed E-state index contributed by atoms with van der Waals surface area (Å²) in [5.41, 5.74) is 0.587. The van der Waals surface area contributed by atoms with Gasteiger partial charge in [0.2, 0.25) is 5.91 Å². The van der Waals surface area contributed by atoms with Crippen molar-refractivity contribution < 1.29 is 9.18 Å². The van der Waals surface area contributed by atoms with Crippen molar-refractivity contribution in [3.05, 3.63) is 24.3 Å². The van der Waals surface area contributed by atoms with Crippen molar-refractivity contribution in [2.24, 2.45) is 0 Å². The molecule has 1 saturated heterocycles. The van der Waals surface area contributed by atoms with Crippen LogP contribution < -0.4 is 4.90 Å². The molecule has 0 saturated carbocycles. The number of halogens is 1. The molecule has 1 aromatic heterocycles. The summed E-state index contributed by atoms with van der Waals surface area (Å²) in [5.74, 6) is -0.297. The van der Waals surface area contributed by atoms with Crippen LogP contribution in [0, 0.1) is 5.82 Å². The summed E-state index contributed by atoms with van der Waals surface area (Å²) in [6, 6.07) is 1.39. The molecule has 2 heterocycles. The van der Waals surface area contributed by atoms with E-state index in [-0.39, 0.29) is 11.7 Å². The van der Waals surface area contributed by atoms with Crippen LogP contribution in [0.15, 0.2) is 18.5 Å². The Bertz CT molecular complexity index is 422. The van der Waals surface area contributed by atoms with Crippen molar-refractivity contribution in [1.29, 1.82) is 0 Å².